The molecule has 1 aliphatic rings. The van der Waals surface area contributed by atoms with E-state index in [9.17, 15) is 4.79 Å². The van der Waals surface area contributed by atoms with E-state index >= 15 is 0 Å². The van der Waals surface area contributed by atoms with Gasteiger partial charge in [0.15, 0.2) is 0 Å². The second-order valence-electron chi connectivity index (χ2n) is 6.29. The number of para-hydroxylation sites is 2. The molecule has 1 fully saturated rings. The van der Waals surface area contributed by atoms with Crippen molar-refractivity contribution in [2.45, 2.75) is 45.1 Å². The second kappa shape index (κ2) is 7.44. The van der Waals surface area contributed by atoms with Crippen molar-refractivity contribution in [1.29, 1.82) is 0 Å². The lowest BCUT2D eigenvalue weighted by Crippen LogP contribution is -2.33. The Hall–Kier alpha value is -2.10. The zero-order chi connectivity index (χ0) is 16.1. The van der Waals surface area contributed by atoms with E-state index in [1.807, 2.05) is 24.3 Å². The van der Waals surface area contributed by atoms with Gasteiger partial charge >= 0.3 is 0 Å². The molecule has 2 aromatic rings. The van der Waals surface area contributed by atoms with Gasteiger partial charge in [-0.3, -0.25) is 4.79 Å². The maximum absolute atomic E-state index is 12.2. The average molecular weight is 311 g/mol. The molecule has 1 N–H and O–H groups in total. The number of imidazole rings is 1. The number of benzene rings is 1. The van der Waals surface area contributed by atoms with Crippen molar-refractivity contribution in [3.63, 3.8) is 0 Å². The van der Waals surface area contributed by atoms with Crippen molar-refractivity contribution < 1.29 is 4.79 Å². The lowest BCUT2D eigenvalue weighted by Gasteiger charge is -2.20. The fourth-order valence-electron chi connectivity index (χ4n) is 3.46. The van der Waals surface area contributed by atoms with E-state index in [1.165, 1.54) is 19.3 Å². The highest BCUT2D eigenvalue weighted by molar-refractivity contribution is 5.78. The van der Waals surface area contributed by atoms with Crippen LogP contribution in [0.4, 0.5) is 0 Å². The lowest BCUT2D eigenvalue weighted by molar-refractivity contribution is -0.125. The quantitative estimate of drug-likeness (QED) is 0.830. The molecule has 0 aliphatic heterocycles. The first-order valence-corrected chi connectivity index (χ1v) is 8.62. The van der Waals surface area contributed by atoms with Crippen LogP contribution in [-0.2, 0) is 17.8 Å². The molecular formula is C19H25N3O. The van der Waals surface area contributed by atoms with Crippen molar-refractivity contribution in [2.75, 3.05) is 6.54 Å². The number of rotatable bonds is 6. The van der Waals surface area contributed by atoms with Crippen LogP contribution in [0.2, 0.25) is 0 Å². The van der Waals surface area contributed by atoms with Crippen LogP contribution >= 0.6 is 0 Å². The zero-order valence-corrected chi connectivity index (χ0v) is 13.6. The smallest absolute Gasteiger partial charge is 0.223 e. The lowest BCUT2D eigenvalue weighted by atomic mass is 9.89. The summed E-state index contributed by atoms with van der Waals surface area (Å²) in [6.45, 7) is 5.23. The van der Waals surface area contributed by atoms with Crippen LogP contribution in [-0.4, -0.2) is 22.0 Å². The topological polar surface area (TPSA) is 46.9 Å². The van der Waals surface area contributed by atoms with E-state index in [-0.39, 0.29) is 11.8 Å². The minimum absolute atomic E-state index is 0.218. The van der Waals surface area contributed by atoms with Crippen molar-refractivity contribution in [2.24, 2.45) is 5.92 Å². The fraction of sp³-hybridized carbons (Fsp3) is 0.474. The second-order valence-corrected chi connectivity index (χ2v) is 6.29. The van der Waals surface area contributed by atoms with Gasteiger partial charge in [0.2, 0.25) is 5.91 Å². The van der Waals surface area contributed by atoms with Gasteiger partial charge in [0.1, 0.15) is 5.82 Å². The zero-order valence-electron chi connectivity index (χ0n) is 13.6. The molecule has 0 radical (unpaired) electrons. The molecule has 1 saturated carbocycles. The number of hydrogen-bond acceptors (Lipinski definition) is 2. The SMILES string of the molecule is C=CCn1c(CCNC(=O)C2CCCCC2)nc2ccccc21. The monoisotopic (exact) mass is 311 g/mol. The standard InChI is InChI=1S/C19H25N3O/c1-2-14-22-17-11-7-6-10-16(17)21-18(22)12-13-20-19(23)15-8-4-3-5-9-15/h2,6-7,10-11,15H,1,3-5,8-9,12-14H2,(H,20,23). The predicted molar refractivity (Wildman–Crippen MR) is 93.2 cm³/mol. The Bertz CT molecular complexity index is 683. The van der Waals surface area contributed by atoms with Crippen LogP contribution in [0.5, 0.6) is 0 Å². The molecule has 1 aliphatic carbocycles. The molecule has 0 atom stereocenters. The highest BCUT2D eigenvalue weighted by atomic mass is 16.1. The molecular weight excluding hydrogens is 286 g/mol. The van der Waals surface area contributed by atoms with Gasteiger partial charge in [-0.05, 0) is 25.0 Å². The van der Waals surface area contributed by atoms with E-state index < -0.39 is 0 Å². The Morgan fingerprint density at radius 3 is 2.87 bits per heavy atom. The maximum atomic E-state index is 12.2. The summed E-state index contributed by atoms with van der Waals surface area (Å²) in [5, 5.41) is 3.10. The number of nitrogens with one attached hydrogen (secondary N) is 1. The number of fused-ring (bicyclic) bond motifs is 1. The van der Waals surface area contributed by atoms with E-state index in [0.29, 0.717) is 6.54 Å². The highest BCUT2D eigenvalue weighted by Gasteiger charge is 2.20. The van der Waals surface area contributed by atoms with E-state index in [4.69, 9.17) is 4.98 Å². The minimum Gasteiger partial charge on any atom is -0.355 e. The van der Waals surface area contributed by atoms with Crippen molar-refractivity contribution in [1.82, 2.24) is 14.9 Å². The Kier molecular flexibility index (Phi) is 5.11. The molecule has 3 rings (SSSR count). The van der Waals surface area contributed by atoms with Crippen LogP contribution in [0.1, 0.15) is 37.9 Å². The molecule has 4 heteroatoms. The summed E-state index contributed by atoms with van der Waals surface area (Å²) in [6, 6.07) is 8.13. The van der Waals surface area contributed by atoms with Crippen LogP contribution < -0.4 is 5.32 Å². The number of hydrogen-bond donors (Lipinski definition) is 1. The van der Waals surface area contributed by atoms with Gasteiger partial charge in [0.25, 0.3) is 0 Å². The van der Waals surface area contributed by atoms with Crippen LogP contribution in [0.25, 0.3) is 11.0 Å². The third-order valence-corrected chi connectivity index (χ3v) is 4.67. The Morgan fingerprint density at radius 2 is 2.09 bits per heavy atom. The number of allylic oxidation sites excluding steroid dienone is 1. The van der Waals surface area contributed by atoms with E-state index in [1.54, 1.807) is 0 Å². The van der Waals surface area contributed by atoms with Gasteiger partial charge in [0.05, 0.1) is 11.0 Å². The number of aromatic nitrogens is 2. The molecule has 1 heterocycles. The maximum Gasteiger partial charge on any atom is 0.223 e. The Morgan fingerprint density at radius 1 is 1.30 bits per heavy atom. The van der Waals surface area contributed by atoms with Gasteiger partial charge < -0.3 is 9.88 Å². The molecule has 0 unspecified atom stereocenters. The number of nitrogens with zero attached hydrogens (tertiary/aromatic N) is 2. The third-order valence-electron chi connectivity index (χ3n) is 4.67. The summed E-state index contributed by atoms with van der Waals surface area (Å²) in [4.78, 5) is 16.9. The molecule has 122 valence electrons. The molecule has 1 aromatic carbocycles. The number of carbonyl (C=O) groups is 1. The first-order chi connectivity index (χ1) is 11.3. The summed E-state index contributed by atoms with van der Waals surface area (Å²) >= 11 is 0. The highest BCUT2D eigenvalue weighted by Crippen LogP contribution is 2.23. The summed E-state index contributed by atoms with van der Waals surface area (Å²) in [7, 11) is 0. The minimum atomic E-state index is 0.218. The van der Waals surface area contributed by atoms with Gasteiger partial charge in [-0.25, -0.2) is 4.98 Å². The van der Waals surface area contributed by atoms with Crippen molar-refractivity contribution in [3.05, 3.63) is 42.7 Å². The molecule has 4 nitrogen and oxygen atoms in total. The Labute approximate surface area is 137 Å². The molecule has 0 saturated heterocycles. The fourth-order valence-corrected chi connectivity index (χ4v) is 3.46. The normalized spacial score (nSPS) is 15.7. The third kappa shape index (κ3) is 3.63. The van der Waals surface area contributed by atoms with E-state index in [0.717, 1.165) is 42.7 Å². The molecule has 23 heavy (non-hydrogen) atoms. The molecule has 0 spiro atoms. The summed E-state index contributed by atoms with van der Waals surface area (Å²) in [5.41, 5.74) is 2.13. The van der Waals surface area contributed by atoms with Crippen molar-refractivity contribution >= 4 is 16.9 Å². The van der Waals surface area contributed by atoms with Crippen LogP contribution in [0.15, 0.2) is 36.9 Å². The first-order valence-electron chi connectivity index (χ1n) is 8.62. The van der Waals surface area contributed by atoms with Crippen molar-refractivity contribution in [3.8, 4) is 0 Å². The predicted octanol–water partition coefficient (Wildman–Crippen LogP) is 3.46. The van der Waals surface area contributed by atoms with Crippen LogP contribution in [0.3, 0.4) is 0 Å². The molecule has 1 amide bonds. The van der Waals surface area contributed by atoms with Gasteiger partial charge in [-0.1, -0.05) is 37.5 Å². The first kappa shape index (κ1) is 15.8. The van der Waals surface area contributed by atoms with E-state index in [2.05, 4.69) is 22.5 Å². The van der Waals surface area contributed by atoms with Gasteiger partial charge in [-0.2, -0.15) is 0 Å². The van der Waals surface area contributed by atoms with Gasteiger partial charge in [0, 0.05) is 25.4 Å². The summed E-state index contributed by atoms with van der Waals surface area (Å²) < 4.78 is 2.18. The summed E-state index contributed by atoms with van der Waals surface area (Å²) in [6.07, 6.45) is 8.37. The van der Waals surface area contributed by atoms with Crippen LogP contribution in [0, 0.1) is 5.92 Å². The Balaban J connectivity index is 1.63. The number of amides is 1. The average Bonchev–Trinajstić information content (AvgIpc) is 2.94. The number of carbonyl (C=O) groups excluding carboxylic acids is 1. The largest absolute Gasteiger partial charge is 0.355 e. The summed E-state index contributed by atoms with van der Waals surface area (Å²) in [5.74, 6) is 1.45. The molecule has 1 aromatic heterocycles. The molecule has 0 bridgehead atoms. The van der Waals surface area contributed by atoms with Gasteiger partial charge in [-0.15, -0.1) is 6.58 Å².